The SMILES string of the molecule is c1ccc(-c2nc(-c3ccccc3)nc(-c3ccc4c5ccccc5n(-c5ccc(-c6ccc7c(c6)oc6ccccc67)cc5-c5nc(-c6ccccc6)nc(-c6ccccc6)n5)c4c3)n2)cc1. The molecule has 0 N–H and O–H groups in total. The molecule has 0 saturated carbocycles. The van der Waals surface area contributed by atoms with Crippen molar-refractivity contribution in [2.75, 3.05) is 0 Å². The molecule has 0 fully saturated rings. The highest BCUT2D eigenvalue weighted by Gasteiger charge is 2.22. The molecule has 0 bridgehead atoms. The summed E-state index contributed by atoms with van der Waals surface area (Å²) in [5.74, 6) is 3.48. The number of hydrogen-bond acceptors (Lipinski definition) is 7. The molecule has 0 atom stereocenters. The van der Waals surface area contributed by atoms with Gasteiger partial charge in [-0.1, -0.05) is 182 Å². The van der Waals surface area contributed by atoms with Gasteiger partial charge >= 0.3 is 0 Å². The van der Waals surface area contributed by atoms with Gasteiger partial charge in [0.05, 0.1) is 16.7 Å². The Labute approximate surface area is 390 Å². The molecule has 4 heterocycles. The van der Waals surface area contributed by atoms with Gasteiger partial charge in [-0.3, -0.25) is 0 Å². The lowest BCUT2D eigenvalue weighted by molar-refractivity contribution is 0.669. The molecule has 0 saturated heterocycles. The van der Waals surface area contributed by atoms with Crippen LogP contribution in [-0.2, 0) is 0 Å². The zero-order chi connectivity index (χ0) is 45.0. The summed E-state index contributed by atoms with van der Waals surface area (Å²) in [6.45, 7) is 0. The van der Waals surface area contributed by atoms with Gasteiger partial charge in [0.2, 0.25) is 0 Å². The van der Waals surface area contributed by atoms with E-state index in [9.17, 15) is 0 Å². The summed E-state index contributed by atoms with van der Waals surface area (Å²) in [4.78, 5) is 30.9. The molecule has 0 spiro atoms. The Morgan fingerprint density at radius 1 is 0.265 bits per heavy atom. The Morgan fingerprint density at radius 2 is 0.676 bits per heavy atom. The molecule has 13 rings (SSSR count). The minimum absolute atomic E-state index is 0.541. The van der Waals surface area contributed by atoms with Crippen molar-refractivity contribution < 1.29 is 4.42 Å². The molecule has 13 aromatic rings. The van der Waals surface area contributed by atoms with E-state index in [0.717, 1.165) is 93.9 Å². The number of aromatic nitrogens is 7. The molecule has 0 aliphatic heterocycles. The van der Waals surface area contributed by atoms with E-state index in [0.29, 0.717) is 34.9 Å². The van der Waals surface area contributed by atoms with E-state index in [1.54, 1.807) is 0 Å². The Bertz CT molecular complexity index is 3900. The first-order chi connectivity index (χ1) is 33.7. The van der Waals surface area contributed by atoms with Gasteiger partial charge in [0.25, 0.3) is 0 Å². The molecule has 0 amide bonds. The van der Waals surface area contributed by atoms with Crippen molar-refractivity contribution in [3.8, 4) is 85.1 Å². The van der Waals surface area contributed by atoms with E-state index >= 15 is 0 Å². The molecule has 68 heavy (non-hydrogen) atoms. The van der Waals surface area contributed by atoms with Gasteiger partial charge < -0.3 is 8.98 Å². The second-order valence-corrected chi connectivity index (χ2v) is 16.7. The van der Waals surface area contributed by atoms with E-state index < -0.39 is 0 Å². The third-order valence-corrected chi connectivity index (χ3v) is 12.5. The lowest BCUT2D eigenvalue weighted by Crippen LogP contribution is -2.04. The van der Waals surface area contributed by atoms with E-state index in [2.05, 4.69) is 89.5 Å². The predicted molar refractivity (Wildman–Crippen MR) is 273 cm³/mol. The van der Waals surface area contributed by atoms with Crippen LogP contribution in [0.1, 0.15) is 0 Å². The van der Waals surface area contributed by atoms with Crippen LogP contribution in [0.2, 0.25) is 0 Å². The lowest BCUT2D eigenvalue weighted by atomic mass is 9.99. The van der Waals surface area contributed by atoms with Crippen LogP contribution in [-0.4, -0.2) is 34.5 Å². The van der Waals surface area contributed by atoms with Crippen LogP contribution in [0.4, 0.5) is 0 Å². The largest absolute Gasteiger partial charge is 0.456 e. The fourth-order valence-electron chi connectivity index (χ4n) is 9.23. The zero-order valence-electron chi connectivity index (χ0n) is 36.4. The first-order valence-electron chi connectivity index (χ1n) is 22.5. The number of nitrogens with zero attached hydrogens (tertiary/aromatic N) is 7. The topological polar surface area (TPSA) is 95.4 Å². The summed E-state index contributed by atoms with van der Waals surface area (Å²) in [5, 5.41) is 4.36. The molecule has 0 unspecified atom stereocenters. The maximum absolute atomic E-state index is 6.40. The van der Waals surface area contributed by atoms with Gasteiger partial charge in [-0.25, -0.2) is 29.9 Å². The van der Waals surface area contributed by atoms with Crippen LogP contribution < -0.4 is 0 Å². The second-order valence-electron chi connectivity index (χ2n) is 16.7. The zero-order valence-corrected chi connectivity index (χ0v) is 36.4. The van der Waals surface area contributed by atoms with Crippen LogP contribution >= 0.6 is 0 Å². The third kappa shape index (κ3) is 6.87. The Hall–Kier alpha value is -9.40. The van der Waals surface area contributed by atoms with Crippen molar-refractivity contribution in [3.05, 3.63) is 224 Å². The molecule has 0 aliphatic rings. The summed E-state index contributed by atoms with van der Waals surface area (Å²) >= 11 is 0. The monoisotopic (exact) mass is 871 g/mol. The summed E-state index contributed by atoms with van der Waals surface area (Å²) in [6.07, 6.45) is 0. The molecule has 0 aliphatic carbocycles. The van der Waals surface area contributed by atoms with E-state index in [1.807, 2.05) is 140 Å². The lowest BCUT2D eigenvalue weighted by Gasteiger charge is -2.16. The molecular weight excluding hydrogens is 835 g/mol. The van der Waals surface area contributed by atoms with Crippen LogP contribution in [0, 0.1) is 0 Å². The molecular formula is C60H37N7O. The molecule has 8 nitrogen and oxygen atoms in total. The van der Waals surface area contributed by atoms with Crippen molar-refractivity contribution in [2.24, 2.45) is 0 Å². The highest BCUT2D eigenvalue weighted by molar-refractivity contribution is 6.11. The summed E-state index contributed by atoms with van der Waals surface area (Å²) in [7, 11) is 0. The minimum Gasteiger partial charge on any atom is -0.456 e. The predicted octanol–water partition coefficient (Wildman–Crippen LogP) is 14.7. The first kappa shape index (κ1) is 39.0. The van der Waals surface area contributed by atoms with Crippen molar-refractivity contribution in [1.82, 2.24) is 34.5 Å². The summed E-state index contributed by atoms with van der Waals surface area (Å²) in [5.41, 5.74) is 11.9. The minimum atomic E-state index is 0.541. The Kier molecular flexibility index (Phi) is 9.31. The van der Waals surface area contributed by atoms with Gasteiger partial charge in [-0.05, 0) is 53.6 Å². The maximum atomic E-state index is 6.40. The average Bonchev–Trinajstić information content (AvgIpc) is 3.96. The average molecular weight is 872 g/mol. The van der Waals surface area contributed by atoms with E-state index in [-0.39, 0.29) is 0 Å². The Morgan fingerprint density at radius 3 is 1.26 bits per heavy atom. The number of benzene rings is 9. The number of rotatable bonds is 8. The normalized spacial score (nSPS) is 11.5. The third-order valence-electron chi connectivity index (χ3n) is 12.5. The van der Waals surface area contributed by atoms with Crippen LogP contribution in [0.5, 0.6) is 0 Å². The fraction of sp³-hybridized carbons (Fsp3) is 0. The summed E-state index contributed by atoms with van der Waals surface area (Å²) in [6, 6.07) is 76.5. The van der Waals surface area contributed by atoms with Crippen LogP contribution in [0.15, 0.2) is 229 Å². The van der Waals surface area contributed by atoms with Crippen LogP contribution in [0.25, 0.3) is 129 Å². The molecule has 0 radical (unpaired) electrons. The quantitative estimate of drug-likeness (QED) is 0.150. The van der Waals surface area contributed by atoms with E-state index in [4.69, 9.17) is 34.3 Å². The standard InChI is InChI=1S/C60H37N7O/c1-5-17-38(18-6-1)55-61-56(39-19-7-2-8-20-39)64-59(63-55)44-30-32-46-45-25-13-15-27-50(45)67(52(46)36-44)51-34-31-42(43-29-33-48-47-26-14-16-28-53(47)68-54(48)37-43)35-49(51)60-65-57(40-21-9-3-10-22-40)62-58(66-60)41-23-11-4-12-24-41/h1-37H. The molecule has 8 heteroatoms. The number of furan rings is 1. The molecule has 9 aromatic carbocycles. The van der Waals surface area contributed by atoms with Crippen molar-refractivity contribution in [1.29, 1.82) is 0 Å². The Balaban J connectivity index is 1.07. The van der Waals surface area contributed by atoms with Gasteiger partial charge in [0.1, 0.15) is 11.2 Å². The van der Waals surface area contributed by atoms with Gasteiger partial charge in [-0.15, -0.1) is 0 Å². The first-order valence-corrected chi connectivity index (χ1v) is 22.5. The highest BCUT2D eigenvalue weighted by atomic mass is 16.3. The van der Waals surface area contributed by atoms with E-state index in [1.165, 1.54) is 0 Å². The maximum Gasteiger partial charge on any atom is 0.166 e. The van der Waals surface area contributed by atoms with Gasteiger partial charge in [0.15, 0.2) is 34.9 Å². The summed E-state index contributed by atoms with van der Waals surface area (Å²) < 4.78 is 8.72. The van der Waals surface area contributed by atoms with Crippen molar-refractivity contribution in [2.45, 2.75) is 0 Å². The number of para-hydroxylation sites is 2. The number of hydrogen-bond donors (Lipinski definition) is 0. The van der Waals surface area contributed by atoms with Gasteiger partial charge in [-0.2, -0.15) is 0 Å². The van der Waals surface area contributed by atoms with Crippen LogP contribution in [0.3, 0.4) is 0 Å². The van der Waals surface area contributed by atoms with Crippen molar-refractivity contribution in [3.63, 3.8) is 0 Å². The fourth-order valence-corrected chi connectivity index (χ4v) is 9.23. The molecule has 4 aromatic heterocycles. The smallest absolute Gasteiger partial charge is 0.166 e. The molecule has 318 valence electrons. The second kappa shape index (κ2) is 16.2. The van der Waals surface area contributed by atoms with Crippen molar-refractivity contribution >= 4 is 43.7 Å². The number of fused-ring (bicyclic) bond motifs is 6. The highest BCUT2D eigenvalue weighted by Crippen LogP contribution is 2.41. The van der Waals surface area contributed by atoms with Gasteiger partial charge in [0, 0.05) is 54.9 Å².